The molecule has 0 radical (unpaired) electrons. The van der Waals surface area contributed by atoms with Gasteiger partial charge in [0.2, 0.25) is 0 Å². The maximum Gasteiger partial charge on any atom is 0.0704 e. The Morgan fingerprint density at radius 3 is 2.44 bits per heavy atom. The molecule has 0 N–H and O–H groups in total. The van der Waals surface area contributed by atoms with Crippen LogP contribution in [-0.4, -0.2) is 5.38 Å². The van der Waals surface area contributed by atoms with Crippen molar-refractivity contribution in [1.82, 2.24) is 0 Å². The van der Waals surface area contributed by atoms with Crippen molar-refractivity contribution < 1.29 is 0 Å². The quantitative estimate of drug-likeness (QED) is 0.507. The predicted octanol–water partition coefficient (Wildman–Crippen LogP) is 3.47. The van der Waals surface area contributed by atoms with Crippen LogP contribution in [0.3, 0.4) is 0 Å². The first-order valence-electron chi connectivity index (χ1n) is 2.90. The van der Waals surface area contributed by atoms with Gasteiger partial charge in [0, 0.05) is 5.03 Å². The molecule has 0 amide bonds. The maximum atomic E-state index is 5.79. The molecule has 1 atom stereocenters. The monoisotopic (exact) mass is 184 g/mol. The highest BCUT2D eigenvalue weighted by atomic mass is 35.5. The van der Waals surface area contributed by atoms with Crippen molar-refractivity contribution in [2.75, 3.05) is 0 Å². The Kier molecular flexibility index (Phi) is 2.69. The second kappa shape index (κ2) is 3.14. The average molecular weight is 185 g/mol. The summed E-state index contributed by atoms with van der Waals surface area (Å²) >= 11 is 17.2. The molecule has 0 fully saturated rings. The number of rotatable bonds is 0. The standard InChI is InChI=1S/C6H7Cl3/c7-4-2-1-3-5(8)6(4)9/h4H,1-3H2. The molecule has 1 rings (SSSR count). The second-order valence-electron chi connectivity index (χ2n) is 2.11. The molecule has 9 heavy (non-hydrogen) atoms. The lowest BCUT2D eigenvalue weighted by atomic mass is 10.1. The number of alkyl halides is 1. The Labute approximate surface area is 69.8 Å². The van der Waals surface area contributed by atoms with Crippen LogP contribution < -0.4 is 0 Å². The van der Waals surface area contributed by atoms with E-state index >= 15 is 0 Å². The maximum absolute atomic E-state index is 5.79. The van der Waals surface area contributed by atoms with Crippen molar-refractivity contribution in [3.8, 4) is 0 Å². The fourth-order valence-electron chi connectivity index (χ4n) is 0.853. The normalized spacial score (nSPS) is 29.0. The zero-order valence-corrected chi connectivity index (χ0v) is 7.10. The van der Waals surface area contributed by atoms with E-state index in [0.29, 0.717) is 5.03 Å². The highest BCUT2D eigenvalue weighted by molar-refractivity contribution is 6.43. The third kappa shape index (κ3) is 1.76. The van der Waals surface area contributed by atoms with E-state index in [2.05, 4.69) is 0 Å². The summed E-state index contributed by atoms with van der Waals surface area (Å²) in [7, 11) is 0. The van der Waals surface area contributed by atoms with Crippen LogP contribution in [0, 0.1) is 0 Å². The summed E-state index contributed by atoms with van der Waals surface area (Å²) in [6.07, 6.45) is 2.91. The van der Waals surface area contributed by atoms with E-state index in [4.69, 9.17) is 34.8 Å². The van der Waals surface area contributed by atoms with Gasteiger partial charge in [0.15, 0.2) is 0 Å². The third-order valence-corrected chi connectivity index (χ3v) is 2.92. The molecule has 52 valence electrons. The molecule has 3 heteroatoms. The first-order chi connectivity index (χ1) is 4.22. The fraction of sp³-hybridized carbons (Fsp3) is 0.667. The average Bonchev–Trinajstić information content (AvgIpc) is 1.83. The molecule has 0 bridgehead atoms. The smallest absolute Gasteiger partial charge is 0.0704 e. The van der Waals surface area contributed by atoms with E-state index in [0.717, 1.165) is 24.3 Å². The summed E-state index contributed by atoms with van der Waals surface area (Å²) in [5.41, 5.74) is 0. The Hall–Kier alpha value is 0.610. The highest BCUT2D eigenvalue weighted by Crippen LogP contribution is 2.33. The minimum atomic E-state index is -0.0343. The van der Waals surface area contributed by atoms with Crippen LogP contribution in [0.15, 0.2) is 10.1 Å². The Bertz CT molecular complexity index is 139. The molecule has 1 aliphatic carbocycles. The van der Waals surface area contributed by atoms with Gasteiger partial charge in [-0.2, -0.15) is 0 Å². The predicted molar refractivity (Wildman–Crippen MR) is 42.2 cm³/mol. The SMILES string of the molecule is ClC1=C(Cl)C(Cl)CCC1. The molecule has 0 aromatic heterocycles. The third-order valence-electron chi connectivity index (χ3n) is 1.39. The van der Waals surface area contributed by atoms with Gasteiger partial charge >= 0.3 is 0 Å². The topological polar surface area (TPSA) is 0 Å². The van der Waals surface area contributed by atoms with Crippen LogP contribution in [0.25, 0.3) is 0 Å². The Morgan fingerprint density at radius 1 is 1.33 bits per heavy atom. The molecule has 1 unspecified atom stereocenters. The summed E-state index contributed by atoms with van der Waals surface area (Å²) < 4.78 is 0. The fourth-order valence-corrected chi connectivity index (χ4v) is 1.66. The summed E-state index contributed by atoms with van der Waals surface area (Å²) in [4.78, 5) is 0. The first kappa shape index (κ1) is 7.71. The Balaban J connectivity index is 2.72. The lowest BCUT2D eigenvalue weighted by molar-refractivity contribution is 0.719. The number of halogens is 3. The van der Waals surface area contributed by atoms with Crippen molar-refractivity contribution in [2.24, 2.45) is 0 Å². The van der Waals surface area contributed by atoms with Crippen LogP contribution >= 0.6 is 34.8 Å². The van der Waals surface area contributed by atoms with Crippen LogP contribution in [0.1, 0.15) is 19.3 Å². The van der Waals surface area contributed by atoms with Gasteiger partial charge < -0.3 is 0 Å². The highest BCUT2D eigenvalue weighted by Gasteiger charge is 2.17. The summed E-state index contributed by atoms with van der Waals surface area (Å²) in [6.45, 7) is 0. The first-order valence-corrected chi connectivity index (χ1v) is 4.09. The zero-order valence-electron chi connectivity index (χ0n) is 4.83. The molecule has 0 saturated heterocycles. The van der Waals surface area contributed by atoms with Gasteiger partial charge in [0.05, 0.1) is 10.4 Å². The van der Waals surface area contributed by atoms with Gasteiger partial charge in [0.25, 0.3) is 0 Å². The molecule has 0 spiro atoms. The molecule has 0 aromatic carbocycles. The van der Waals surface area contributed by atoms with Crippen molar-refractivity contribution in [3.05, 3.63) is 10.1 Å². The minimum absolute atomic E-state index is 0.0343. The largest absolute Gasteiger partial charge is 0.117 e. The molecule has 0 heterocycles. The van der Waals surface area contributed by atoms with E-state index in [1.54, 1.807) is 0 Å². The van der Waals surface area contributed by atoms with Crippen molar-refractivity contribution in [2.45, 2.75) is 24.6 Å². The van der Waals surface area contributed by atoms with Gasteiger partial charge in [-0.05, 0) is 19.3 Å². The number of hydrogen-bond donors (Lipinski definition) is 0. The van der Waals surface area contributed by atoms with Gasteiger partial charge in [-0.15, -0.1) is 11.6 Å². The summed E-state index contributed by atoms with van der Waals surface area (Å²) in [6, 6.07) is 0. The molecule has 0 nitrogen and oxygen atoms in total. The molecular weight excluding hydrogens is 178 g/mol. The number of allylic oxidation sites excluding steroid dienone is 2. The van der Waals surface area contributed by atoms with E-state index in [9.17, 15) is 0 Å². The van der Waals surface area contributed by atoms with E-state index in [1.807, 2.05) is 0 Å². The van der Waals surface area contributed by atoms with Gasteiger partial charge in [0.1, 0.15) is 0 Å². The number of hydrogen-bond acceptors (Lipinski definition) is 0. The van der Waals surface area contributed by atoms with Crippen molar-refractivity contribution >= 4 is 34.8 Å². The Morgan fingerprint density at radius 2 is 2.00 bits per heavy atom. The second-order valence-corrected chi connectivity index (χ2v) is 3.50. The van der Waals surface area contributed by atoms with E-state index < -0.39 is 0 Å². The van der Waals surface area contributed by atoms with Gasteiger partial charge in [-0.3, -0.25) is 0 Å². The van der Waals surface area contributed by atoms with Crippen LogP contribution in [-0.2, 0) is 0 Å². The van der Waals surface area contributed by atoms with Crippen LogP contribution in [0.5, 0.6) is 0 Å². The van der Waals surface area contributed by atoms with Gasteiger partial charge in [-0.1, -0.05) is 23.2 Å². The van der Waals surface area contributed by atoms with Crippen molar-refractivity contribution in [1.29, 1.82) is 0 Å². The molecule has 1 aliphatic rings. The van der Waals surface area contributed by atoms with Crippen molar-refractivity contribution in [3.63, 3.8) is 0 Å². The lowest BCUT2D eigenvalue weighted by Gasteiger charge is -2.15. The molecule has 0 aliphatic heterocycles. The minimum Gasteiger partial charge on any atom is -0.117 e. The van der Waals surface area contributed by atoms with E-state index in [-0.39, 0.29) is 5.38 Å². The van der Waals surface area contributed by atoms with Crippen LogP contribution in [0.4, 0.5) is 0 Å². The van der Waals surface area contributed by atoms with Gasteiger partial charge in [-0.25, -0.2) is 0 Å². The lowest BCUT2D eigenvalue weighted by Crippen LogP contribution is -2.05. The van der Waals surface area contributed by atoms with Crippen LogP contribution in [0.2, 0.25) is 0 Å². The van der Waals surface area contributed by atoms with E-state index in [1.165, 1.54) is 0 Å². The zero-order chi connectivity index (χ0) is 6.85. The molecule has 0 aromatic rings. The summed E-state index contributed by atoms with van der Waals surface area (Å²) in [5.74, 6) is 0. The molecule has 0 saturated carbocycles. The summed E-state index contributed by atoms with van der Waals surface area (Å²) in [5, 5.41) is 1.35. The molecular formula is C6H7Cl3.